The molecule has 0 atom stereocenters. The molecule has 6 rings (SSSR count). The standard InChI is InChI=1S/C29H26NO/c1-17-14-15-30(5)24(16-17)25-18(2)10-11-19-20-12-13-23-26(28(20)31-27(19)25)21-8-6-7-9-22(21)29(23,3)4/h6-16H,1-5H3/q+1. The van der Waals surface area contributed by atoms with Gasteiger partial charge >= 0.3 is 0 Å². The van der Waals surface area contributed by atoms with Gasteiger partial charge in [-0.25, -0.2) is 4.57 Å². The molecule has 2 heterocycles. The molecular formula is C29H26NO+. The van der Waals surface area contributed by atoms with Gasteiger partial charge in [0.05, 0.1) is 5.56 Å². The van der Waals surface area contributed by atoms with Crippen molar-refractivity contribution in [3.05, 3.63) is 89.1 Å². The second kappa shape index (κ2) is 6.07. The minimum Gasteiger partial charge on any atom is -0.454 e. The summed E-state index contributed by atoms with van der Waals surface area (Å²) in [6, 6.07) is 22.2. The van der Waals surface area contributed by atoms with E-state index in [0.717, 1.165) is 11.2 Å². The predicted molar refractivity (Wildman–Crippen MR) is 127 cm³/mol. The van der Waals surface area contributed by atoms with E-state index in [1.807, 2.05) is 0 Å². The molecule has 1 aliphatic carbocycles. The maximum absolute atomic E-state index is 6.79. The zero-order chi connectivity index (χ0) is 21.5. The first kappa shape index (κ1) is 18.4. The number of furan rings is 1. The van der Waals surface area contributed by atoms with Crippen LogP contribution in [0.4, 0.5) is 0 Å². The Hall–Kier alpha value is -3.39. The van der Waals surface area contributed by atoms with E-state index in [4.69, 9.17) is 4.42 Å². The average Bonchev–Trinajstić information content (AvgIpc) is 3.23. The van der Waals surface area contributed by atoms with Gasteiger partial charge in [-0.05, 0) is 41.7 Å². The smallest absolute Gasteiger partial charge is 0.216 e. The molecule has 0 spiro atoms. The number of hydrogen-bond acceptors (Lipinski definition) is 1. The first-order valence-electron chi connectivity index (χ1n) is 10.9. The molecule has 0 bridgehead atoms. The number of benzene rings is 3. The number of fused-ring (bicyclic) bond motifs is 7. The van der Waals surface area contributed by atoms with Crippen molar-refractivity contribution in [2.75, 3.05) is 0 Å². The van der Waals surface area contributed by atoms with E-state index in [1.165, 1.54) is 55.4 Å². The van der Waals surface area contributed by atoms with E-state index in [9.17, 15) is 0 Å². The third kappa shape index (κ3) is 2.36. The molecule has 1 aliphatic rings. The van der Waals surface area contributed by atoms with Crippen LogP contribution in [0.3, 0.4) is 0 Å². The maximum atomic E-state index is 6.79. The molecule has 0 saturated carbocycles. The van der Waals surface area contributed by atoms with Crippen LogP contribution in [0.1, 0.15) is 36.1 Å². The van der Waals surface area contributed by atoms with Crippen LogP contribution in [0.2, 0.25) is 0 Å². The Labute approximate surface area is 182 Å². The minimum absolute atomic E-state index is 0.0270. The largest absolute Gasteiger partial charge is 0.454 e. The molecule has 2 aromatic heterocycles. The number of rotatable bonds is 1. The zero-order valence-electron chi connectivity index (χ0n) is 18.7. The Bertz CT molecular complexity index is 1530. The molecule has 2 nitrogen and oxygen atoms in total. The van der Waals surface area contributed by atoms with Gasteiger partial charge in [0.15, 0.2) is 6.20 Å². The molecule has 31 heavy (non-hydrogen) atoms. The summed E-state index contributed by atoms with van der Waals surface area (Å²) in [7, 11) is 2.10. The van der Waals surface area contributed by atoms with Gasteiger partial charge < -0.3 is 4.42 Å². The molecule has 0 unspecified atom stereocenters. The summed E-state index contributed by atoms with van der Waals surface area (Å²) in [6.45, 7) is 8.94. The Morgan fingerprint density at radius 3 is 2.29 bits per heavy atom. The van der Waals surface area contributed by atoms with Crippen LogP contribution in [0.5, 0.6) is 0 Å². The third-order valence-corrected chi connectivity index (χ3v) is 7.12. The van der Waals surface area contributed by atoms with Crippen molar-refractivity contribution in [3.63, 3.8) is 0 Å². The summed E-state index contributed by atoms with van der Waals surface area (Å²) in [6.07, 6.45) is 2.13. The second-order valence-corrected chi connectivity index (χ2v) is 9.47. The average molecular weight is 405 g/mol. The molecule has 0 aliphatic heterocycles. The van der Waals surface area contributed by atoms with Crippen LogP contribution < -0.4 is 4.57 Å². The van der Waals surface area contributed by atoms with Crippen LogP contribution >= 0.6 is 0 Å². The van der Waals surface area contributed by atoms with Gasteiger partial charge in [0.1, 0.15) is 18.2 Å². The molecule has 0 saturated heterocycles. The van der Waals surface area contributed by atoms with Gasteiger partial charge in [-0.1, -0.05) is 62.4 Å². The molecule has 0 N–H and O–H groups in total. The van der Waals surface area contributed by atoms with Crippen LogP contribution in [0.15, 0.2) is 71.3 Å². The van der Waals surface area contributed by atoms with E-state index in [0.29, 0.717) is 0 Å². The van der Waals surface area contributed by atoms with Crippen molar-refractivity contribution in [3.8, 4) is 22.4 Å². The fourth-order valence-corrected chi connectivity index (χ4v) is 5.42. The molecule has 152 valence electrons. The van der Waals surface area contributed by atoms with Gasteiger partial charge in [0.2, 0.25) is 5.69 Å². The molecular weight excluding hydrogens is 378 g/mol. The van der Waals surface area contributed by atoms with Crippen LogP contribution in [-0.4, -0.2) is 0 Å². The lowest BCUT2D eigenvalue weighted by atomic mass is 9.82. The molecule has 0 fully saturated rings. The zero-order valence-corrected chi connectivity index (χ0v) is 18.7. The molecule has 0 amide bonds. The SMILES string of the molecule is Cc1cc[n+](C)c(-c2c(C)ccc3c2oc2c4c(ccc23)C(C)(C)c2ccccc2-4)c1. The quantitative estimate of drug-likeness (QED) is 0.275. The Kier molecular flexibility index (Phi) is 3.60. The minimum atomic E-state index is -0.0270. The number of nitrogens with zero attached hydrogens (tertiary/aromatic N) is 1. The number of pyridine rings is 1. The number of aromatic nitrogens is 1. The monoisotopic (exact) mass is 404 g/mol. The van der Waals surface area contributed by atoms with Gasteiger partial charge in [0, 0.05) is 33.9 Å². The molecule has 5 aromatic rings. The molecule has 3 aromatic carbocycles. The Morgan fingerprint density at radius 2 is 1.48 bits per heavy atom. The lowest BCUT2D eigenvalue weighted by molar-refractivity contribution is -0.660. The van der Waals surface area contributed by atoms with Crippen LogP contribution in [-0.2, 0) is 12.5 Å². The molecule has 0 radical (unpaired) electrons. The van der Waals surface area contributed by atoms with Crippen LogP contribution in [0, 0.1) is 13.8 Å². The lowest BCUT2D eigenvalue weighted by Gasteiger charge is -2.21. The highest BCUT2D eigenvalue weighted by Gasteiger charge is 2.37. The predicted octanol–water partition coefficient (Wildman–Crippen LogP) is 7.00. The van der Waals surface area contributed by atoms with Gasteiger partial charge in [-0.15, -0.1) is 0 Å². The topological polar surface area (TPSA) is 17.0 Å². The Balaban J connectivity index is 1.76. The fourth-order valence-electron chi connectivity index (χ4n) is 5.42. The number of aryl methyl sites for hydroxylation is 3. The van der Waals surface area contributed by atoms with E-state index >= 15 is 0 Å². The summed E-state index contributed by atoms with van der Waals surface area (Å²) < 4.78 is 8.98. The first-order valence-corrected chi connectivity index (χ1v) is 10.9. The molecule has 2 heteroatoms. The van der Waals surface area contributed by atoms with Crippen molar-refractivity contribution >= 4 is 21.9 Å². The van der Waals surface area contributed by atoms with E-state index in [1.54, 1.807) is 0 Å². The number of hydrogen-bond donors (Lipinski definition) is 0. The van der Waals surface area contributed by atoms with E-state index < -0.39 is 0 Å². The van der Waals surface area contributed by atoms with Crippen molar-refractivity contribution in [2.24, 2.45) is 7.05 Å². The fraction of sp³-hybridized carbons (Fsp3) is 0.207. The first-order chi connectivity index (χ1) is 14.9. The lowest BCUT2D eigenvalue weighted by Crippen LogP contribution is -2.30. The maximum Gasteiger partial charge on any atom is 0.216 e. The highest BCUT2D eigenvalue weighted by Crippen LogP contribution is 2.52. The Morgan fingerprint density at radius 1 is 0.774 bits per heavy atom. The summed E-state index contributed by atoms with van der Waals surface area (Å²) >= 11 is 0. The highest BCUT2D eigenvalue weighted by atomic mass is 16.3. The van der Waals surface area contributed by atoms with Gasteiger partial charge in [-0.3, -0.25) is 0 Å². The summed E-state index contributed by atoms with van der Waals surface area (Å²) in [5.74, 6) is 0. The highest BCUT2D eigenvalue weighted by molar-refractivity contribution is 6.14. The van der Waals surface area contributed by atoms with E-state index in [-0.39, 0.29) is 5.41 Å². The third-order valence-electron chi connectivity index (χ3n) is 7.12. The van der Waals surface area contributed by atoms with Gasteiger partial charge in [-0.2, -0.15) is 0 Å². The van der Waals surface area contributed by atoms with Crippen molar-refractivity contribution < 1.29 is 8.98 Å². The van der Waals surface area contributed by atoms with Gasteiger partial charge in [0.25, 0.3) is 0 Å². The van der Waals surface area contributed by atoms with E-state index in [2.05, 4.69) is 106 Å². The summed E-state index contributed by atoms with van der Waals surface area (Å²) in [4.78, 5) is 0. The summed E-state index contributed by atoms with van der Waals surface area (Å²) in [5, 5.41) is 2.37. The summed E-state index contributed by atoms with van der Waals surface area (Å²) in [5.41, 5.74) is 12.1. The normalized spacial score (nSPS) is 14.2. The van der Waals surface area contributed by atoms with Crippen molar-refractivity contribution in [2.45, 2.75) is 33.1 Å². The van der Waals surface area contributed by atoms with Crippen LogP contribution in [0.25, 0.3) is 44.3 Å². The second-order valence-electron chi connectivity index (χ2n) is 9.47. The van der Waals surface area contributed by atoms with Crippen molar-refractivity contribution in [1.82, 2.24) is 0 Å². The van der Waals surface area contributed by atoms with Crippen molar-refractivity contribution in [1.29, 1.82) is 0 Å².